The third kappa shape index (κ3) is 1.10. The maximum Gasteiger partial charge on any atom is 0.256 e. The molecule has 0 radical (unpaired) electrons. The first kappa shape index (κ1) is 9.06. The second-order valence-electron chi connectivity index (χ2n) is 3.14. The van der Waals surface area contributed by atoms with E-state index < -0.39 is 0 Å². The largest absolute Gasteiger partial charge is 0.319 e. The van der Waals surface area contributed by atoms with Gasteiger partial charge in [0, 0.05) is 9.86 Å². The van der Waals surface area contributed by atoms with Crippen LogP contribution in [-0.4, -0.2) is 16.1 Å². The van der Waals surface area contributed by atoms with Crippen LogP contribution in [0.1, 0.15) is 10.4 Å². The molecule has 15 heavy (non-hydrogen) atoms. The highest BCUT2D eigenvalue weighted by atomic mass is 79.9. The number of hydrogen-bond acceptors (Lipinski definition) is 3. The number of rotatable bonds is 0. The Bertz CT molecular complexity index is 614. The topological polar surface area (TPSA) is 54.9 Å². The van der Waals surface area contributed by atoms with Gasteiger partial charge < -0.3 is 5.32 Å². The summed E-state index contributed by atoms with van der Waals surface area (Å²) < 4.78 is 0.795. The lowest BCUT2D eigenvalue weighted by Crippen LogP contribution is -2.04. The van der Waals surface area contributed by atoms with Crippen LogP contribution < -0.4 is 5.32 Å². The molecule has 74 valence electrons. The number of halogens is 2. The number of nitrogens with one attached hydrogen (secondary N) is 1. The van der Waals surface area contributed by atoms with Crippen LogP contribution in [0.4, 0.5) is 5.69 Å². The predicted molar refractivity (Wildman–Crippen MR) is 60.2 cm³/mol. The van der Waals surface area contributed by atoms with Crippen molar-refractivity contribution < 1.29 is 4.79 Å². The van der Waals surface area contributed by atoms with Gasteiger partial charge in [-0.25, -0.2) is 0 Å². The number of nitrogens with zero attached hydrogens (tertiary/aromatic N) is 2. The molecule has 6 heteroatoms. The van der Waals surface area contributed by atoms with E-state index in [1.165, 1.54) is 0 Å². The van der Waals surface area contributed by atoms with Crippen LogP contribution in [0.15, 0.2) is 16.6 Å². The van der Waals surface area contributed by atoms with Gasteiger partial charge in [-0.05, 0) is 28.1 Å². The molecule has 3 rings (SSSR count). The number of aromatic nitrogens is 2. The Morgan fingerprint density at radius 3 is 2.93 bits per heavy atom. The molecule has 0 aliphatic carbocycles. The van der Waals surface area contributed by atoms with Crippen molar-refractivity contribution >= 4 is 50.0 Å². The SMILES string of the molecule is O=C1Nc2c(Cl)nnc3c(Br)ccc1c23. The standard InChI is InChI=1S/C9H3BrClN3O/c10-4-2-1-3-5-6(4)13-14-8(11)7(5)12-9(3)15/h1-2H,(H,12,15). The first-order chi connectivity index (χ1) is 7.18. The molecule has 0 fully saturated rings. The monoisotopic (exact) mass is 283 g/mol. The molecular weight excluding hydrogens is 281 g/mol. The Morgan fingerprint density at radius 1 is 1.33 bits per heavy atom. The summed E-state index contributed by atoms with van der Waals surface area (Å²) in [5.74, 6) is -0.167. The van der Waals surface area contributed by atoms with Crippen molar-refractivity contribution in [3.8, 4) is 0 Å². The molecular formula is C9H3BrClN3O. The van der Waals surface area contributed by atoms with Crippen LogP contribution in [0.2, 0.25) is 5.15 Å². The van der Waals surface area contributed by atoms with E-state index in [0.717, 1.165) is 9.86 Å². The molecule has 0 atom stereocenters. The third-order valence-electron chi connectivity index (χ3n) is 2.31. The molecule has 2 aromatic rings. The second kappa shape index (κ2) is 2.90. The van der Waals surface area contributed by atoms with Crippen LogP contribution in [-0.2, 0) is 0 Å². The maximum atomic E-state index is 11.6. The summed E-state index contributed by atoms with van der Waals surface area (Å²) in [4.78, 5) is 11.6. The molecule has 0 spiro atoms. The lowest BCUT2D eigenvalue weighted by Gasteiger charge is -2.01. The van der Waals surface area contributed by atoms with Gasteiger partial charge >= 0.3 is 0 Å². The van der Waals surface area contributed by atoms with Crippen molar-refractivity contribution in [3.63, 3.8) is 0 Å². The number of carbonyl (C=O) groups is 1. The lowest BCUT2D eigenvalue weighted by molar-refractivity contribution is 0.103. The lowest BCUT2D eigenvalue weighted by atomic mass is 10.1. The van der Waals surface area contributed by atoms with E-state index in [2.05, 4.69) is 31.4 Å². The zero-order valence-corrected chi connectivity index (χ0v) is 9.56. The Morgan fingerprint density at radius 2 is 2.13 bits per heavy atom. The van der Waals surface area contributed by atoms with E-state index in [0.29, 0.717) is 16.8 Å². The van der Waals surface area contributed by atoms with Gasteiger partial charge in [0.15, 0.2) is 5.15 Å². The van der Waals surface area contributed by atoms with E-state index in [1.807, 2.05) is 0 Å². The van der Waals surface area contributed by atoms with Crippen LogP contribution in [0.5, 0.6) is 0 Å². The van der Waals surface area contributed by atoms with Gasteiger partial charge in [0.05, 0.1) is 11.3 Å². The number of carbonyl (C=O) groups excluding carboxylic acids is 1. The molecule has 1 aliphatic rings. The van der Waals surface area contributed by atoms with Gasteiger partial charge in [0.25, 0.3) is 5.91 Å². The Kier molecular flexibility index (Phi) is 1.75. The number of amides is 1. The van der Waals surface area contributed by atoms with Gasteiger partial charge in [-0.3, -0.25) is 4.79 Å². The minimum atomic E-state index is -0.167. The molecule has 0 saturated heterocycles. The molecule has 1 N–H and O–H groups in total. The fourth-order valence-corrected chi connectivity index (χ4v) is 2.24. The fourth-order valence-electron chi connectivity index (χ4n) is 1.65. The molecule has 0 saturated carbocycles. The van der Waals surface area contributed by atoms with E-state index in [1.54, 1.807) is 12.1 Å². The Hall–Kier alpha value is -1.20. The quantitative estimate of drug-likeness (QED) is 0.809. The van der Waals surface area contributed by atoms with Gasteiger partial charge in [0.1, 0.15) is 5.52 Å². The minimum absolute atomic E-state index is 0.167. The van der Waals surface area contributed by atoms with Crippen LogP contribution in [0, 0.1) is 0 Å². The molecule has 1 aliphatic heterocycles. The first-order valence-corrected chi connectivity index (χ1v) is 5.31. The van der Waals surface area contributed by atoms with Crippen LogP contribution in [0.3, 0.4) is 0 Å². The van der Waals surface area contributed by atoms with Gasteiger partial charge in [-0.15, -0.1) is 10.2 Å². The molecule has 4 nitrogen and oxygen atoms in total. The third-order valence-corrected chi connectivity index (χ3v) is 3.21. The second-order valence-corrected chi connectivity index (χ2v) is 4.35. The van der Waals surface area contributed by atoms with E-state index in [9.17, 15) is 4.79 Å². The summed E-state index contributed by atoms with van der Waals surface area (Å²) in [6.07, 6.45) is 0. The van der Waals surface area contributed by atoms with Crippen molar-refractivity contribution in [2.45, 2.75) is 0 Å². The molecule has 1 aromatic carbocycles. The fraction of sp³-hybridized carbons (Fsp3) is 0. The highest BCUT2D eigenvalue weighted by molar-refractivity contribution is 9.10. The summed E-state index contributed by atoms with van der Waals surface area (Å²) in [7, 11) is 0. The molecule has 2 heterocycles. The minimum Gasteiger partial charge on any atom is -0.319 e. The maximum absolute atomic E-state index is 11.6. The van der Waals surface area contributed by atoms with Crippen molar-refractivity contribution in [2.75, 3.05) is 5.32 Å². The van der Waals surface area contributed by atoms with E-state index in [4.69, 9.17) is 11.6 Å². The molecule has 1 aromatic heterocycles. The van der Waals surface area contributed by atoms with Gasteiger partial charge in [0.2, 0.25) is 0 Å². The van der Waals surface area contributed by atoms with E-state index in [-0.39, 0.29) is 11.1 Å². The normalized spacial score (nSPS) is 13.3. The predicted octanol–water partition coefficient (Wildman–Crippen LogP) is 2.61. The summed E-state index contributed by atoms with van der Waals surface area (Å²) in [5, 5.41) is 11.4. The smallest absolute Gasteiger partial charge is 0.256 e. The molecule has 0 unspecified atom stereocenters. The van der Waals surface area contributed by atoms with Crippen molar-refractivity contribution in [3.05, 3.63) is 27.3 Å². The highest BCUT2D eigenvalue weighted by Crippen LogP contribution is 2.38. The van der Waals surface area contributed by atoms with Crippen LogP contribution >= 0.6 is 27.5 Å². The summed E-state index contributed by atoms with van der Waals surface area (Å²) in [6, 6.07) is 3.51. The summed E-state index contributed by atoms with van der Waals surface area (Å²) >= 11 is 9.20. The Balaban J connectivity index is 2.59. The van der Waals surface area contributed by atoms with Gasteiger partial charge in [-0.1, -0.05) is 11.6 Å². The summed E-state index contributed by atoms with van der Waals surface area (Å²) in [5.41, 5.74) is 1.77. The molecule has 0 bridgehead atoms. The zero-order chi connectivity index (χ0) is 10.6. The number of hydrogen-bond donors (Lipinski definition) is 1. The first-order valence-electron chi connectivity index (χ1n) is 4.14. The average Bonchev–Trinajstić information content (AvgIpc) is 2.54. The summed E-state index contributed by atoms with van der Waals surface area (Å²) in [6.45, 7) is 0. The van der Waals surface area contributed by atoms with Crippen molar-refractivity contribution in [1.82, 2.24) is 10.2 Å². The average molecular weight is 285 g/mol. The number of anilines is 1. The van der Waals surface area contributed by atoms with Crippen molar-refractivity contribution in [1.29, 1.82) is 0 Å². The highest BCUT2D eigenvalue weighted by Gasteiger charge is 2.26. The Labute approximate surface area is 97.8 Å². The number of benzene rings is 1. The van der Waals surface area contributed by atoms with Gasteiger partial charge in [-0.2, -0.15) is 0 Å². The molecule has 1 amide bonds. The van der Waals surface area contributed by atoms with Crippen molar-refractivity contribution in [2.24, 2.45) is 0 Å². The van der Waals surface area contributed by atoms with Crippen LogP contribution in [0.25, 0.3) is 10.9 Å². The van der Waals surface area contributed by atoms with E-state index >= 15 is 0 Å². The zero-order valence-electron chi connectivity index (χ0n) is 7.21.